The molecule has 112 valence electrons. The number of hydrogen-bond donors (Lipinski definition) is 1. The number of ether oxygens (including phenoxy) is 1. The lowest BCUT2D eigenvalue weighted by Crippen LogP contribution is -2.08. The zero-order valence-electron chi connectivity index (χ0n) is 12.1. The lowest BCUT2D eigenvalue weighted by atomic mass is 10.2. The minimum absolute atomic E-state index is 0.0289. The summed E-state index contributed by atoms with van der Waals surface area (Å²) in [6.45, 7) is 6.20. The van der Waals surface area contributed by atoms with E-state index in [1.165, 1.54) is 6.07 Å². The number of thiazole rings is 1. The van der Waals surface area contributed by atoms with Gasteiger partial charge in [-0.2, -0.15) is 0 Å². The largest absolute Gasteiger partial charge is 0.484 e. The number of hydrogen-bond acceptors (Lipinski definition) is 6. The second-order valence-electron chi connectivity index (χ2n) is 4.82. The van der Waals surface area contributed by atoms with E-state index in [2.05, 4.69) is 10.3 Å². The van der Waals surface area contributed by atoms with Crippen molar-refractivity contribution < 1.29 is 9.66 Å². The Morgan fingerprint density at radius 3 is 2.81 bits per heavy atom. The predicted octanol–water partition coefficient (Wildman–Crippen LogP) is 3.76. The van der Waals surface area contributed by atoms with Crippen LogP contribution in [0.25, 0.3) is 0 Å². The van der Waals surface area contributed by atoms with Crippen LogP contribution in [0.1, 0.15) is 24.5 Å². The van der Waals surface area contributed by atoms with Crippen LogP contribution in [0, 0.1) is 17.0 Å². The van der Waals surface area contributed by atoms with Crippen molar-refractivity contribution in [1.29, 1.82) is 0 Å². The highest BCUT2D eigenvalue weighted by molar-refractivity contribution is 7.09. The first-order chi connectivity index (χ1) is 9.95. The fourth-order valence-corrected chi connectivity index (χ4v) is 2.42. The third-order valence-electron chi connectivity index (χ3n) is 2.66. The van der Waals surface area contributed by atoms with Crippen LogP contribution in [0.3, 0.4) is 0 Å². The van der Waals surface area contributed by atoms with Crippen molar-refractivity contribution in [2.75, 3.05) is 5.32 Å². The molecule has 2 rings (SSSR count). The van der Waals surface area contributed by atoms with Crippen LogP contribution in [-0.2, 0) is 6.54 Å². The van der Waals surface area contributed by atoms with E-state index in [1.807, 2.05) is 26.2 Å². The van der Waals surface area contributed by atoms with Crippen LogP contribution in [0.5, 0.6) is 5.75 Å². The number of nitrogens with zero attached hydrogens (tertiary/aromatic N) is 2. The van der Waals surface area contributed by atoms with Gasteiger partial charge in [-0.25, -0.2) is 4.98 Å². The van der Waals surface area contributed by atoms with Gasteiger partial charge in [-0.05, 0) is 26.8 Å². The summed E-state index contributed by atoms with van der Waals surface area (Å²) in [5, 5.41) is 17.2. The number of benzene rings is 1. The lowest BCUT2D eigenvalue weighted by molar-refractivity contribution is -0.386. The average Bonchev–Trinajstić information content (AvgIpc) is 2.81. The molecule has 6 nitrogen and oxygen atoms in total. The second kappa shape index (κ2) is 6.53. The second-order valence-corrected chi connectivity index (χ2v) is 5.88. The molecule has 0 amide bonds. The minimum atomic E-state index is -0.439. The third kappa shape index (κ3) is 4.16. The van der Waals surface area contributed by atoms with Crippen molar-refractivity contribution in [1.82, 2.24) is 4.98 Å². The highest BCUT2D eigenvalue weighted by Crippen LogP contribution is 2.31. The highest BCUT2D eigenvalue weighted by Gasteiger charge is 2.16. The van der Waals surface area contributed by atoms with Gasteiger partial charge in [0.1, 0.15) is 0 Å². The summed E-state index contributed by atoms with van der Waals surface area (Å²) < 4.78 is 5.51. The first-order valence-electron chi connectivity index (χ1n) is 6.55. The molecule has 0 aliphatic rings. The van der Waals surface area contributed by atoms with Crippen LogP contribution in [0.4, 0.5) is 11.4 Å². The summed E-state index contributed by atoms with van der Waals surface area (Å²) in [5.74, 6) is 0.273. The summed E-state index contributed by atoms with van der Waals surface area (Å²) in [5.41, 5.74) is 1.68. The molecule has 0 fully saturated rings. The van der Waals surface area contributed by atoms with E-state index >= 15 is 0 Å². The maximum atomic E-state index is 11.0. The van der Waals surface area contributed by atoms with Gasteiger partial charge in [0.15, 0.2) is 5.75 Å². The van der Waals surface area contributed by atoms with Crippen molar-refractivity contribution >= 4 is 22.7 Å². The van der Waals surface area contributed by atoms with E-state index < -0.39 is 4.92 Å². The molecule has 0 atom stereocenters. The maximum Gasteiger partial charge on any atom is 0.311 e. The zero-order chi connectivity index (χ0) is 15.4. The first kappa shape index (κ1) is 15.2. The van der Waals surface area contributed by atoms with Gasteiger partial charge in [0, 0.05) is 23.2 Å². The van der Waals surface area contributed by atoms with E-state index in [1.54, 1.807) is 23.5 Å². The number of anilines is 1. The Morgan fingerprint density at radius 1 is 1.48 bits per heavy atom. The summed E-state index contributed by atoms with van der Waals surface area (Å²) in [6, 6.07) is 4.77. The summed E-state index contributed by atoms with van der Waals surface area (Å²) in [7, 11) is 0. The normalized spacial score (nSPS) is 10.7. The minimum Gasteiger partial charge on any atom is -0.484 e. The van der Waals surface area contributed by atoms with Gasteiger partial charge in [-0.3, -0.25) is 10.1 Å². The molecule has 0 saturated carbocycles. The predicted molar refractivity (Wildman–Crippen MR) is 83.0 cm³/mol. The number of rotatable bonds is 6. The van der Waals surface area contributed by atoms with E-state index in [0.717, 1.165) is 16.4 Å². The molecule has 21 heavy (non-hydrogen) atoms. The van der Waals surface area contributed by atoms with Gasteiger partial charge < -0.3 is 10.1 Å². The zero-order valence-corrected chi connectivity index (χ0v) is 12.9. The third-order valence-corrected chi connectivity index (χ3v) is 3.48. The Labute approximate surface area is 126 Å². The molecule has 0 bridgehead atoms. The Morgan fingerprint density at radius 2 is 2.24 bits per heavy atom. The van der Waals surface area contributed by atoms with Gasteiger partial charge in [0.2, 0.25) is 0 Å². The highest BCUT2D eigenvalue weighted by atomic mass is 32.1. The van der Waals surface area contributed by atoms with Gasteiger partial charge in [-0.15, -0.1) is 11.3 Å². The molecule has 0 unspecified atom stereocenters. The summed E-state index contributed by atoms with van der Waals surface area (Å²) in [4.78, 5) is 14.9. The van der Waals surface area contributed by atoms with E-state index in [9.17, 15) is 10.1 Å². The van der Waals surface area contributed by atoms with Crippen LogP contribution >= 0.6 is 11.3 Å². The van der Waals surface area contributed by atoms with Crippen LogP contribution < -0.4 is 10.1 Å². The van der Waals surface area contributed by atoms with Crippen LogP contribution in [-0.4, -0.2) is 16.0 Å². The van der Waals surface area contributed by atoms with Gasteiger partial charge in [-0.1, -0.05) is 0 Å². The van der Waals surface area contributed by atoms with E-state index in [-0.39, 0.29) is 17.5 Å². The summed E-state index contributed by atoms with van der Waals surface area (Å²) >= 11 is 1.59. The smallest absolute Gasteiger partial charge is 0.311 e. The molecule has 1 aromatic heterocycles. The SMILES string of the molecule is Cc1nc(CNc2ccc([N+](=O)[O-])c(OC(C)C)c2)cs1. The molecule has 1 heterocycles. The van der Waals surface area contributed by atoms with Crippen molar-refractivity contribution in [2.24, 2.45) is 0 Å². The van der Waals surface area contributed by atoms with Crippen molar-refractivity contribution in [3.05, 3.63) is 44.4 Å². The molecule has 0 spiro atoms. The Hall–Kier alpha value is -2.15. The standard InChI is InChI=1S/C14H17N3O3S/c1-9(2)20-14-6-11(4-5-13(14)17(18)19)15-7-12-8-21-10(3)16-12/h4-6,8-9,15H,7H2,1-3H3. The Balaban J connectivity index is 2.14. The molecule has 0 aliphatic heterocycles. The fraction of sp³-hybridized carbons (Fsp3) is 0.357. The molecule has 0 radical (unpaired) electrons. The van der Waals surface area contributed by atoms with E-state index in [4.69, 9.17) is 4.74 Å². The van der Waals surface area contributed by atoms with Gasteiger partial charge in [0.25, 0.3) is 0 Å². The van der Waals surface area contributed by atoms with E-state index in [0.29, 0.717) is 6.54 Å². The lowest BCUT2D eigenvalue weighted by Gasteiger charge is -2.12. The quantitative estimate of drug-likeness (QED) is 0.649. The number of nitro groups is 1. The fourth-order valence-electron chi connectivity index (χ4n) is 1.81. The Kier molecular flexibility index (Phi) is 4.74. The number of nitrogens with one attached hydrogen (secondary N) is 1. The van der Waals surface area contributed by atoms with Gasteiger partial charge in [0.05, 0.1) is 28.3 Å². The molecule has 0 aliphatic carbocycles. The van der Waals surface area contributed by atoms with Crippen LogP contribution in [0.15, 0.2) is 23.6 Å². The monoisotopic (exact) mass is 307 g/mol. The number of aryl methyl sites for hydroxylation is 1. The van der Waals surface area contributed by atoms with Crippen molar-refractivity contribution in [3.63, 3.8) is 0 Å². The molecule has 2 aromatic rings. The topological polar surface area (TPSA) is 77.3 Å². The maximum absolute atomic E-state index is 11.0. The number of nitro benzene ring substituents is 1. The molecule has 1 aromatic carbocycles. The first-order valence-corrected chi connectivity index (χ1v) is 7.43. The molecule has 1 N–H and O–H groups in total. The van der Waals surface area contributed by atoms with Crippen molar-refractivity contribution in [2.45, 2.75) is 33.4 Å². The van der Waals surface area contributed by atoms with Crippen LogP contribution in [0.2, 0.25) is 0 Å². The van der Waals surface area contributed by atoms with Gasteiger partial charge >= 0.3 is 5.69 Å². The molecular weight excluding hydrogens is 290 g/mol. The molecular formula is C14H17N3O3S. The number of aromatic nitrogens is 1. The molecule has 0 saturated heterocycles. The average molecular weight is 307 g/mol. The Bertz CT molecular complexity index is 640. The van der Waals surface area contributed by atoms with Crippen molar-refractivity contribution in [3.8, 4) is 5.75 Å². The summed E-state index contributed by atoms with van der Waals surface area (Å²) in [6.07, 6.45) is -0.125. The molecule has 7 heteroatoms.